The summed E-state index contributed by atoms with van der Waals surface area (Å²) in [5.41, 5.74) is 6.25. The Balaban J connectivity index is 2.87. The highest BCUT2D eigenvalue weighted by molar-refractivity contribution is 7.98. The van der Waals surface area contributed by atoms with Gasteiger partial charge in [0.25, 0.3) is 0 Å². The number of anilines is 1. The molecule has 0 aliphatic heterocycles. The van der Waals surface area contributed by atoms with Gasteiger partial charge >= 0.3 is 5.97 Å². The fourth-order valence-corrected chi connectivity index (χ4v) is 1.19. The molecule has 0 bridgehead atoms. The van der Waals surface area contributed by atoms with E-state index < -0.39 is 5.97 Å². The van der Waals surface area contributed by atoms with E-state index in [1.54, 1.807) is 6.20 Å². The van der Waals surface area contributed by atoms with Crippen molar-refractivity contribution in [1.82, 2.24) is 9.97 Å². The van der Waals surface area contributed by atoms with Crippen molar-refractivity contribution in [3.8, 4) is 0 Å². The molecule has 0 aliphatic carbocycles. The number of esters is 1. The number of nitrogens with two attached hydrogens (primary N) is 1. The average molecular weight is 225 g/mol. The molecule has 0 unspecified atom stereocenters. The summed E-state index contributed by atoms with van der Waals surface area (Å²) in [6.45, 7) is 0. The molecule has 0 atom stereocenters. The molecule has 0 aromatic carbocycles. The number of hydrogen-bond donors (Lipinski definition) is 1. The highest BCUT2D eigenvalue weighted by atomic mass is 32.2. The van der Waals surface area contributed by atoms with Crippen LogP contribution >= 0.6 is 11.8 Å². The van der Waals surface area contributed by atoms with E-state index >= 15 is 0 Å². The van der Waals surface area contributed by atoms with Gasteiger partial charge in [-0.2, -0.15) is 0 Å². The van der Waals surface area contributed by atoms with E-state index in [-0.39, 0.29) is 0 Å². The number of carbonyl (C=O) groups is 1. The first kappa shape index (κ1) is 11.5. The summed E-state index contributed by atoms with van der Waals surface area (Å²) in [6.07, 6.45) is 6.21. The van der Waals surface area contributed by atoms with Gasteiger partial charge in [0, 0.05) is 17.8 Å². The third-order valence-electron chi connectivity index (χ3n) is 1.61. The number of methoxy groups -OCH3 is 1. The van der Waals surface area contributed by atoms with Gasteiger partial charge in [-0.1, -0.05) is 11.8 Å². The van der Waals surface area contributed by atoms with Gasteiger partial charge < -0.3 is 10.5 Å². The van der Waals surface area contributed by atoms with Gasteiger partial charge in [-0.15, -0.1) is 0 Å². The summed E-state index contributed by atoms with van der Waals surface area (Å²) < 4.78 is 4.45. The van der Waals surface area contributed by atoms with Crippen LogP contribution in [-0.2, 0) is 9.53 Å². The third kappa shape index (κ3) is 3.25. The maximum atomic E-state index is 10.8. The molecular weight excluding hydrogens is 214 g/mol. The predicted molar refractivity (Wildman–Crippen MR) is 59.3 cm³/mol. The lowest BCUT2D eigenvalue weighted by Gasteiger charge is -2.00. The molecule has 1 aromatic rings. The molecule has 2 N–H and O–H groups in total. The SMILES string of the molecule is COC(=O)/C=C/c1cnc(SC)nc1N. The molecule has 0 aliphatic rings. The molecule has 5 nitrogen and oxygen atoms in total. The Labute approximate surface area is 91.7 Å². The van der Waals surface area contributed by atoms with E-state index in [2.05, 4.69) is 14.7 Å². The molecular formula is C9H11N3O2S. The quantitative estimate of drug-likeness (QED) is 0.357. The second kappa shape index (κ2) is 5.35. The number of carbonyl (C=O) groups excluding carboxylic acids is 1. The standard InChI is InChI=1S/C9H11N3O2S/c1-14-7(13)4-3-6-5-11-9(15-2)12-8(6)10/h3-5H,1-2H3,(H2,10,11,12)/b4-3+. The first-order chi connectivity index (χ1) is 7.17. The maximum Gasteiger partial charge on any atom is 0.330 e. The lowest BCUT2D eigenvalue weighted by atomic mass is 10.3. The molecule has 1 heterocycles. The van der Waals surface area contributed by atoms with Crippen LogP contribution in [0.3, 0.4) is 0 Å². The zero-order valence-corrected chi connectivity index (χ0v) is 9.25. The summed E-state index contributed by atoms with van der Waals surface area (Å²) in [7, 11) is 1.31. The van der Waals surface area contributed by atoms with Crippen molar-refractivity contribution in [2.45, 2.75) is 5.16 Å². The van der Waals surface area contributed by atoms with E-state index in [0.29, 0.717) is 16.5 Å². The monoisotopic (exact) mass is 225 g/mol. The molecule has 0 radical (unpaired) electrons. The molecule has 1 rings (SSSR count). The number of thioether (sulfide) groups is 1. The van der Waals surface area contributed by atoms with Crippen LogP contribution in [0.5, 0.6) is 0 Å². The molecule has 0 amide bonds. The van der Waals surface area contributed by atoms with Crippen molar-refractivity contribution in [2.75, 3.05) is 19.1 Å². The highest BCUT2D eigenvalue weighted by Gasteiger charge is 2.01. The Morgan fingerprint density at radius 2 is 2.40 bits per heavy atom. The summed E-state index contributed by atoms with van der Waals surface area (Å²) in [5, 5.41) is 0.600. The van der Waals surface area contributed by atoms with Crippen LogP contribution in [0.4, 0.5) is 5.82 Å². The first-order valence-corrected chi connectivity index (χ1v) is 5.32. The van der Waals surface area contributed by atoms with Crippen molar-refractivity contribution < 1.29 is 9.53 Å². The van der Waals surface area contributed by atoms with E-state index in [9.17, 15) is 4.79 Å². The third-order valence-corrected chi connectivity index (χ3v) is 2.17. The number of hydrogen-bond acceptors (Lipinski definition) is 6. The normalized spacial score (nSPS) is 10.5. The van der Waals surface area contributed by atoms with Crippen LogP contribution in [0.2, 0.25) is 0 Å². The van der Waals surface area contributed by atoms with Gasteiger partial charge in [-0.3, -0.25) is 0 Å². The Morgan fingerprint density at radius 3 is 2.93 bits per heavy atom. The van der Waals surface area contributed by atoms with E-state index in [0.717, 1.165) is 0 Å². The van der Waals surface area contributed by atoms with Crippen molar-refractivity contribution in [2.24, 2.45) is 0 Å². The van der Waals surface area contributed by atoms with Crippen LogP contribution in [-0.4, -0.2) is 29.3 Å². The number of rotatable bonds is 3. The zero-order chi connectivity index (χ0) is 11.3. The predicted octanol–water partition coefficient (Wildman–Crippen LogP) is 0.967. The molecule has 6 heteroatoms. The maximum absolute atomic E-state index is 10.8. The Hall–Kier alpha value is -1.56. The Morgan fingerprint density at radius 1 is 1.67 bits per heavy atom. The number of ether oxygens (including phenoxy) is 1. The van der Waals surface area contributed by atoms with Gasteiger partial charge in [0.1, 0.15) is 5.82 Å². The molecule has 80 valence electrons. The van der Waals surface area contributed by atoms with E-state index in [1.165, 1.54) is 31.0 Å². The first-order valence-electron chi connectivity index (χ1n) is 4.10. The second-order valence-electron chi connectivity index (χ2n) is 2.55. The van der Waals surface area contributed by atoms with E-state index in [1.807, 2.05) is 6.26 Å². The van der Waals surface area contributed by atoms with Crippen LogP contribution in [0.15, 0.2) is 17.4 Å². The van der Waals surface area contributed by atoms with Gasteiger partial charge in [0.05, 0.1) is 7.11 Å². The number of nitrogen functional groups attached to an aromatic ring is 1. The minimum atomic E-state index is -0.441. The molecule has 0 fully saturated rings. The second-order valence-corrected chi connectivity index (χ2v) is 3.33. The van der Waals surface area contributed by atoms with Crippen LogP contribution < -0.4 is 5.73 Å². The zero-order valence-electron chi connectivity index (χ0n) is 8.43. The number of nitrogens with zero attached hydrogens (tertiary/aromatic N) is 2. The molecule has 15 heavy (non-hydrogen) atoms. The molecule has 0 saturated heterocycles. The highest BCUT2D eigenvalue weighted by Crippen LogP contribution is 2.14. The molecule has 0 spiro atoms. The summed E-state index contributed by atoms with van der Waals surface area (Å²) in [4.78, 5) is 18.9. The average Bonchev–Trinajstić information content (AvgIpc) is 2.26. The smallest absolute Gasteiger partial charge is 0.330 e. The summed E-state index contributed by atoms with van der Waals surface area (Å²) >= 11 is 1.40. The van der Waals surface area contributed by atoms with Crippen molar-refractivity contribution in [3.05, 3.63) is 17.8 Å². The Bertz CT molecular complexity index is 393. The fourth-order valence-electron chi connectivity index (χ4n) is 0.840. The minimum Gasteiger partial charge on any atom is -0.466 e. The fraction of sp³-hybridized carbons (Fsp3) is 0.222. The van der Waals surface area contributed by atoms with Crippen molar-refractivity contribution in [3.63, 3.8) is 0 Å². The van der Waals surface area contributed by atoms with E-state index in [4.69, 9.17) is 5.73 Å². The lowest BCUT2D eigenvalue weighted by molar-refractivity contribution is -0.134. The van der Waals surface area contributed by atoms with Gasteiger partial charge in [-0.25, -0.2) is 14.8 Å². The molecule has 0 saturated carbocycles. The lowest BCUT2D eigenvalue weighted by Crippen LogP contribution is -1.98. The largest absolute Gasteiger partial charge is 0.466 e. The topological polar surface area (TPSA) is 78.1 Å². The van der Waals surface area contributed by atoms with Crippen molar-refractivity contribution in [1.29, 1.82) is 0 Å². The summed E-state index contributed by atoms with van der Waals surface area (Å²) in [5.74, 6) is -0.0992. The summed E-state index contributed by atoms with van der Waals surface area (Å²) in [6, 6.07) is 0. The van der Waals surface area contributed by atoms with Crippen LogP contribution in [0, 0.1) is 0 Å². The number of aromatic nitrogens is 2. The molecule has 1 aromatic heterocycles. The Kier molecular flexibility index (Phi) is 4.11. The van der Waals surface area contributed by atoms with Crippen LogP contribution in [0.1, 0.15) is 5.56 Å². The minimum absolute atomic E-state index is 0.342. The van der Waals surface area contributed by atoms with Gasteiger partial charge in [-0.05, 0) is 12.3 Å². The van der Waals surface area contributed by atoms with Crippen LogP contribution in [0.25, 0.3) is 6.08 Å². The van der Waals surface area contributed by atoms with Gasteiger partial charge in [0.15, 0.2) is 5.16 Å². The van der Waals surface area contributed by atoms with Crippen molar-refractivity contribution >= 4 is 29.6 Å². The van der Waals surface area contributed by atoms with Gasteiger partial charge in [0.2, 0.25) is 0 Å².